The van der Waals surface area contributed by atoms with Crippen molar-refractivity contribution >= 4 is 5.96 Å². The number of aliphatic imine (C=N–C) groups is 1. The van der Waals surface area contributed by atoms with Crippen LogP contribution in [0.2, 0.25) is 0 Å². The van der Waals surface area contributed by atoms with Crippen LogP contribution in [0.3, 0.4) is 0 Å². The first kappa shape index (κ1) is 11.5. The quantitative estimate of drug-likeness (QED) is 0.877. The molecule has 1 aliphatic carbocycles. The Morgan fingerprint density at radius 2 is 2.17 bits per heavy atom. The molecule has 4 nitrogen and oxygen atoms in total. The molecule has 18 heavy (non-hydrogen) atoms. The van der Waals surface area contributed by atoms with Crippen LogP contribution in [-0.4, -0.2) is 30.6 Å². The van der Waals surface area contributed by atoms with Crippen molar-refractivity contribution in [2.75, 3.05) is 13.7 Å². The monoisotopic (exact) mass is 245 g/mol. The molecule has 0 aromatic heterocycles. The summed E-state index contributed by atoms with van der Waals surface area (Å²) in [5.74, 6) is 0.703. The second-order valence-corrected chi connectivity index (χ2v) is 4.98. The average molecular weight is 245 g/mol. The second-order valence-electron chi connectivity index (χ2n) is 4.98. The first-order chi connectivity index (χ1) is 8.81. The van der Waals surface area contributed by atoms with E-state index in [4.69, 9.17) is 10.5 Å². The van der Waals surface area contributed by atoms with Gasteiger partial charge < -0.3 is 15.4 Å². The van der Waals surface area contributed by atoms with E-state index in [2.05, 4.69) is 34.2 Å². The molecule has 1 fully saturated rings. The van der Waals surface area contributed by atoms with Crippen molar-refractivity contribution in [3.63, 3.8) is 0 Å². The summed E-state index contributed by atoms with van der Waals surface area (Å²) in [6.45, 7) is 1.41. The third kappa shape index (κ3) is 1.97. The normalized spacial score (nSPS) is 23.3. The summed E-state index contributed by atoms with van der Waals surface area (Å²) in [4.78, 5) is 6.70. The Hall–Kier alpha value is -1.55. The van der Waals surface area contributed by atoms with Crippen molar-refractivity contribution in [2.45, 2.75) is 31.5 Å². The van der Waals surface area contributed by atoms with Gasteiger partial charge in [0.1, 0.15) is 0 Å². The molecule has 4 heteroatoms. The Labute approximate surface area is 107 Å². The van der Waals surface area contributed by atoms with Crippen LogP contribution in [0.5, 0.6) is 0 Å². The standard InChI is InChI=1S/C14H19N3O/c1-18-9-10-4-2-3-5-12(10)13-8-16-14(15)17(13)11-6-7-11/h2-5,11,13H,6-9H2,1H3,(H2,15,16). The topological polar surface area (TPSA) is 50.9 Å². The number of guanidine groups is 1. The Balaban J connectivity index is 1.90. The van der Waals surface area contributed by atoms with Crippen molar-refractivity contribution in [1.82, 2.24) is 4.90 Å². The van der Waals surface area contributed by atoms with Crippen LogP contribution in [0, 0.1) is 0 Å². The highest BCUT2D eigenvalue weighted by molar-refractivity contribution is 5.81. The van der Waals surface area contributed by atoms with Crippen molar-refractivity contribution < 1.29 is 4.74 Å². The first-order valence-corrected chi connectivity index (χ1v) is 6.46. The number of benzene rings is 1. The number of rotatable bonds is 4. The third-order valence-electron chi connectivity index (χ3n) is 3.68. The van der Waals surface area contributed by atoms with Crippen molar-refractivity contribution in [3.05, 3.63) is 35.4 Å². The minimum absolute atomic E-state index is 0.295. The summed E-state index contributed by atoms with van der Waals surface area (Å²) < 4.78 is 5.28. The molecule has 0 bridgehead atoms. The molecule has 1 unspecified atom stereocenters. The van der Waals surface area contributed by atoms with E-state index in [9.17, 15) is 0 Å². The van der Waals surface area contributed by atoms with Crippen LogP contribution in [0.25, 0.3) is 0 Å². The molecule has 2 N–H and O–H groups in total. The lowest BCUT2D eigenvalue weighted by molar-refractivity contribution is 0.182. The summed E-state index contributed by atoms with van der Waals surface area (Å²) in [6.07, 6.45) is 2.47. The Morgan fingerprint density at radius 3 is 2.89 bits per heavy atom. The molecule has 3 rings (SSSR count). The maximum atomic E-state index is 6.02. The zero-order valence-electron chi connectivity index (χ0n) is 10.7. The molecule has 0 spiro atoms. The summed E-state index contributed by atoms with van der Waals surface area (Å²) in [7, 11) is 1.73. The molecule has 0 saturated heterocycles. The van der Waals surface area contributed by atoms with Crippen molar-refractivity contribution in [2.24, 2.45) is 10.7 Å². The van der Waals surface area contributed by atoms with Crippen LogP contribution in [-0.2, 0) is 11.3 Å². The highest BCUT2D eigenvalue weighted by atomic mass is 16.5. The Bertz CT molecular complexity index is 468. The summed E-state index contributed by atoms with van der Waals surface area (Å²) in [5, 5.41) is 0. The van der Waals surface area contributed by atoms with Gasteiger partial charge in [0.15, 0.2) is 5.96 Å². The van der Waals surface area contributed by atoms with Gasteiger partial charge in [0.05, 0.1) is 19.2 Å². The fourth-order valence-electron chi connectivity index (χ4n) is 2.70. The molecule has 1 aromatic carbocycles. The van der Waals surface area contributed by atoms with Crippen molar-refractivity contribution in [1.29, 1.82) is 0 Å². The summed E-state index contributed by atoms with van der Waals surface area (Å²) >= 11 is 0. The SMILES string of the molecule is COCc1ccccc1C1CN=C(N)N1C1CC1. The predicted octanol–water partition coefficient (Wildman–Crippen LogP) is 1.67. The van der Waals surface area contributed by atoms with E-state index in [0.29, 0.717) is 24.7 Å². The van der Waals surface area contributed by atoms with E-state index in [1.807, 2.05) is 0 Å². The van der Waals surface area contributed by atoms with E-state index in [0.717, 1.165) is 6.54 Å². The highest BCUT2D eigenvalue weighted by Crippen LogP contribution is 2.38. The predicted molar refractivity (Wildman–Crippen MR) is 71.2 cm³/mol. The molecular weight excluding hydrogens is 226 g/mol. The lowest BCUT2D eigenvalue weighted by Crippen LogP contribution is -2.38. The van der Waals surface area contributed by atoms with E-state index < -0.39 is 0 Å². The number of hydrogen-bond donors (Lipinski definition) is 1. The minimum atomic E-state index is 0.295. The van der Waals surface area contributed by atoms with Crippen LogP contribution >= 0.6 is 0 Å². The maximum absolute atomic E-state index is 6.02. The molecule has 1 atom stereocenters. The Morgan fingerprint density at radius 1 is 1.39 bits per heavy atom. The van der Waals surface area contributed by atoms with Crippen LogP contribution < -0.4 is 5.73 Å². The van der Waals surface area contributed by atoms with Crippen LogP contribution in [0.4, 0.5) is 0 Å². The van der Waals surface area contributed by atoms with Crippen molar-refractivity contribution in [3.8, 4) is 0 Å². The van der Waals surface area contributed by atoms with E-state index in [1.165, 1.54) is 24.0 Å². The number of methoxy groups -OCH3 is 1. The van der Waals surface area contributed by atoms with E-state index >= 15 is 0 Å². The zero-order valence-corrected chi connectivity index (χ0v) is 10.7. The molecule has 1 aromatic rings. The molecular formula is C14H19N3O. The van der Waals surface area contributed by atoms with Gasteiger partial charge in [-0.1, -0.05) is 24.3 Å². The van der Waals surface area contributed by atoms with Gasteiger partial charge in [-0.25, -0.2) is 0 Å². The molecule has 0 radical (unpaired) electrons. The highest BCUT2D eigenvalue weighted by Gasteiger charge is 2.39. The number of hydrogen-bond acceptors (Lipinski definition) is 4. The van der Waals surface area contributed by atoms with E-state index in [1.54, 1.807) is 7.11 Å². The lowest BCUT2D eigenvalue weighted by Gasteiger charge is -2.28. The van der Waals surface area contributed by atoms with Crippen LogP contribution in [0.15, 0.2) is 29.3 Å². The Kier molecular flexibility index (Phi) is 2.96. The minimum Gasteiger partial charge on any atom is -0.380 e. The molecule has 96 valence electrons. The summed E-state index contributed by atoms with van der Waals surface area (Å²) in [5.41, 5.74) is 8.55. The van der Waals surface area contributed by atoms with Gasteiger partial charge in [-0.05, 0) is 24.0 Å². The number of nitrogens with zero attached hydrogens (tertiary/aromatic N) is 2. The molecule has 0 amide bonds. The van der Waals surface area contributed by atoms with E-state index in [-0.39, 0.29) is 0 Å². The zero-order chi connectivity index (χ0) is 12.5. The fourth-order valence-corrected chi connectivity index (χ4v) is 2.70. The van der Waals surface area contributed by atoms with Gasteiger partial charge in [0, 0.05) is 13.2 Å². The van der Waals surface area contributed by atoms with Gasteiger partial charge in [-0.3, -0.25) is 4.99 Å². The van der Waals surface area contributed by atoms with Gasteiger partial charge >= 0.3 is 0 Å². The molecule has 2 aliphatic rings. The second kappa shape index (κ2) is 4.61. The average Bonchev–Trinajstić information content (AvgIpc) is 3.14. The smallest absolute Gasteiger partial charge is 0.192 e. The lowest BCUT2D eigenvalue weighted by atomic mass is 10.00. The summed E-state index contributed by atoms with van der Waals surface area (Å²) in [6, 6.07) is 9.31. The van der Waals surface area contributed by atoms with Gasteiger partial charge in [0.25, 0.3) is 0 Å². The van der Waals surface area contributed by atoms with Gasteiger partial charge in [0.2, 0.25) is 0 Å². The van der Waals surface area contributed by atoms with Gasteiger partial charge in [-0.15, -0.1) is 0 Å². The molecule has 1 saturated carbocycles. The fraction of sp³-hybridized carbons (Fsp3) is 0.500. The number of nitrogens with two attached hydrogens (primary N) is 1. The van der Waals surface area contributed by atoms with Gasteiger partial charge in [-0.2, -0.15) is 0 Å². The third-order valence-corrected chi connectivity index (χ3v) is 3.68. The van der Waals surface area contributed by atoms with Crippen LogP contribution in [0.1, 0.15) is 30.0 Å². The maximum Gasteiger partial charge on any atom is 0.192 e. The largest absolute Gasteiger partial charge is 0.380 e. The molecule has 1 aliphatic heterocycles. The first-order valence-electron chi connectivity index (χ1n) is 6.46. The molecule has 1 heterocycles. The number of ether oxygens (including phenoxy) is 1.